The fraction of sp³-hybridized carbons (Fsp3) is 0.522. The van der Waals surface area contributed by atoms with E-state index in [1.54, 1.807) is 23.3 Å². The van der Waals surface area contributed by atoms with Crippen LogP contribution >= 0.6 is 0 Å². The smallest absolute Gasteiger partial charge is 0.250 e. The molecule has 2 amide bonds. The van der Waals surface area contributed by atoms with Crippen molar-refractivity contribution in [2.75, 3.05) is 32.7 Å². The summed E-state index contributed by atoms with van der Waals surface area (Å²) in [6.07, 6.45) is 2.97. The molecule has 2 aromatic heterocycles. The molecule has 8 heteroatoms. The normalized spacial score (nSPS) is 25.5. The van der Waals surface area contributed by atoms with Gasteiger partial charge in [-0.15, -0.1) is 0 Å². The van der Waals surface area contributed by atoms with E-state index in [2.05, 4.69) is 16.3 Å². The number of hydrogen-bond acceptors (Lipinski definition) is 5. The van der Waals surface area contributed by atoms with Crippen LogP contribution < -0.4 is 10.9 Å². The molecule has 2 fully saturated rings. The van der Waals surface area contributed by atoms with Crippen LogP contribution in [0.3, 0.4) is 0 Å². The lowest BCUT2D eigenvalue weighted by Crippen LogP contribution is -2.49. The second kappa shape index (κ2) is 8.34. The third-order valence-corrected chi connectivity index (χ3v) is 6.79. The maximum Gasteiger partial charge on any atom is 0.250 e. The number of carbonyl (C=O) groups excluding carboxylic acids is 2. The number of fused-ring (bicyclic) bond motifs is 4. The van der Waals surface area contributed by atoms with Crippen molar-refractivity contribution in [1.29, 1.82) is 0 Å². The number of amides is 2. The molecule has 0 aromatic carbocycles. The molecule has 2 bridgehead atoms. The predicted molar refractivity (Wildman–Crippen MR) is 113 cm³/mol. The molecule has 3 aliphatic rings. The molecule has 5 heterocycles. The number of furan rings is 1. The average Bonchev–Trinajstić information content (AvgIpc) is 3.39. The van der Waals surface area contributed by atoms with Crippen molar-refractivity contribution in [2.24, 2.45) is 11.8 Å². The zero-order valence-electron chi connectivity index (χ0n) is 17.5. The third kappa shape index (κ3) is 4.17. The van der Waals surface area contributed by atoms with Gasteiger partial charge in [0.1, 0.15) is 5.76 Å². The van der Waals surface area contributed by atoms with Crippen molar-refractivity contribution in [3.05, 3.63) is 58.4 Å². The molecule has 5 rings (SSSR count). The van der Waals surface area contributed by atoms with Gasteiger partial charge in [0, 0.05) is 63.4 Å². The van der Waals surface area contributed by atoms with Gasteiger partial charge >= 0.3 is 0 Å². The summed E-state index contributed by atoms with van der Waals surface area (Å²) in [7, 11) is 0. The van der Waals surface area contributed by atoms with Gasteiger partial charge in [-0.1, -0.05) is 6.07 Å². The van der Waals surface area contributed by atoms with E-state index in [1.807, 2.05) is 16.7 Å². The van der Waals surface area contributed by atoms with Crippen molar-refractivity contribution in [2.45, 2.75) is 31.8 Å². The van der Waals surface area contributed by atoms with Gasteiger partial charge in [0.2, 0.25) is 11.8 Å². The molecule has 0 unspecified atom stereocenters. The van der Waals surface area contributed by atoms with Crippen LogP contribution in [-0.2, 0) is 22.7 Å². The summed E-state index contributed by atoms with van der Waals surface area (Å²) >= 11 is 0. The third-order valence-electron chi connectivity index (χ3n) is 6.79. The van der Waals surface area contributed by atoms with Crippen LogP contribution in [0.25, 0.3) is 0 Å². The van der Waals surface area contributed by atoms with Crippen LogP contribution in [0.1, 0.15) is 30.2 Å². The topological polar surface area (TPSA) is 87.8 Å². The Kier molecular flexibility index (Phi) is 5.40. The first kappa shape index (κ1) is 20.1. The lowest BCUT2D eigenvalue weighted by Gasteiger charge is -2.42. The van der Waals surface area contributed by atoms with Gasteiger partial charge in [-0.25, -0.2) is 0 Å². The second-order valence-electron chi connectivity index (χ2n) is 9.00. The summed E-state index contributed by atoms with van der Waals surface area (Å²) in [5, 5.41) is 3.03. The largest absolute Gasteiger partial charge is 0.467 e. The number of nitrogens with one attached hydrogen (secondary N) is 1. The first-order valence-corrected chi connectivity index (χ1v) is 11.1. The van der Waals surface area contributed by atoms with Crippen molar-refractivity contribution >= 4 is 11.8 Å². The molecule has 8 nitrogen and oxygen atoms in total. The van der Waals surface area contributed by atoms with Crippen molar-refractivity contribution in [3.8, 4) is 0 Å². The molecule has 1 N–H and O–H groups in total. The van der Waals surface area contributed by atoms with Crippen LogP contribution in [0, 0.1) is 11.8 Å². The fourth-order valence-electron chi connectivity index (χ4n) is 5.35. The Morgan fingerprint density at radius 1 is 1.10 bits per heavy atom. The minimum Gasteiger partial charge on any atom is -0.467 e. The lowest BCUT2D eigenvalue weighted by atomic mass is 9.83. The molecule has 0 radical (unpaired) electrons. The first-order chi connectivity index (χ1) is 15.1. The Balaban J connectivity index is 1.11. The van der Waals surface area contributed by atoms with E-state index < -0.39 is 0 Å². The molecule has 3 aliphatic heterocycles. The number of aromatic nitrogens is 1. The first-order valence-electron chi connectivity index (χ1n) is 11.1. The minimum absolute atomic E-state index is 0.00527. The van der Waals surface area contributed by atoms with Gasteiger partial charge in [-0.05, 0) is 30.5 Å². The van der Waals surface area contributed by atoms with Gasteiger partial charge in [0.15, 0.2) is 0 Å². The predicted octanol–water partition coefficient (Wildman–Crippen LogP) is 1.03. The highest BCUT2D eigenvalue weighted by molar-refractivity contribution is 5.89. The monoisotopic (exact) mass is 424 g/mol. The van der Waals surface area contributed by atoms with Crippen LogP contribution in [-0.4, -0.2) is 58.9 Å². The minimum atomic E-state index is -0.304. The summed E-state index contributed by atoms with van der Waals surface area (Å²) < 4.78 is 7.25. The molecule has 0 saturated carbocycles. The Morgan fingerprint density at radius 2 is 2.00 bits per heavy atom. The van der Waals surface area contributed by atoms with Crippen LogP contribution in [0.4, 0.5) is 0 Å². The lowest BCUT2D eigenvalue weighted by molar-refractivity contribution is -0.129. The van der Waals surface area contributed by atoms with Crippen LogP contribution in [0.2, 0.25) is 0 Å². The molecule has 0 aliphatic carbocycles. The standard InChI is InChI=1S/C23H28N4O4/c28-21-5-1-4-20-17-9-16(12-27(20)21)11-25(13-17)7-6-24-23(30)18-10-22(29)26(14-18)15-19-3-2-8-31-19/h1-5,8,16-18H,6-7,9-15H2,(H,24,30)/t16-,17+,18-/m0/s1. The van der Waals surface area contributed by atoms with E-state index >= 15 is 0 Å². The molecular weight excluding hydrogens is 396 g/mol. The number of piperidine rings is 1. The Morgan fingerprint density at radius 3 is 2.84 bits per heavy atom. The van der Waals surface area contributed by atoms with Crippen LogP contribution in [0.5, 0.6) is 0 Å². The number of hydrogen-bond donors (Lipinski definition) is 1. The fourth-order valence-corrected chi connectivity index (χ4v) is 5.35. The van der Waals surface area contributed by atoms with Gasteiger partial charge in [-0.2, -0.15) is 0 Å². The summed E-state index contributed by atoms with van der Waals surface area (Å²) in [6.45, 7) is 4.85. The summed E-state index contributed by atoms with van der Waals surface area (Å²) in [4.78, 5) is 41.1. The average molecular weight is 425 g/mol. The van der Waals surface area contributed by atoms with Crippen molar-refractivity contribution in [3.63, 3.8) is 0 Å². The molecule has 2 saturated heterocycles. The maximum absolute atomic E-state index is 12.6. The second-order valence-corrected chi connectivity index (χ2v) is 9.00. The Bertz CT molecular complexity index is 1010. The molecule has 2 aromatic rings. The summed E-state index contributed by atoms with van der Waals surface area (Å²) in [5.41, 5.74) is 1.23. The molecule has 0 spiro atoms. The number of carbonyl (C=O) groups is 2. The van der Waals surface area contributed by atoms with Crippen molar-refractivity contribution < 1.29 is 14.0 Å². The van der Waals surface area contributed by atoms with E-state index in [0.717, 1.165) is 44.1 Å². The highest BCUT2D eigenvalue weighted by Gasteiger charge is 2.36. The maximum atomic E-state index is 12.6. The summed E-state index contributed by atoms with van der Waals surface area (Å²) in [6, 6.07) is 9.20. The summed E-state index contributed by atoms with van der Waals surface area (Å²) in [5.74, 6) is 1.22. The van der Waals surface area contributed by atoms with Crippen molar-refractivity contribution in [1.82, 2.24) is 19.7 Å². The Hall–Kier alpha value is -2.87. The number of rotatable bonds is 6. The highest BCUT2D eigenvalue weighted by atomic mass is 16.3. The molecule has 31 heavy (non-hydrogen) atoms. The molecular formula is C23H28N4O4. The van der Waals surface area contributed by atoms with Gasteiger partial charge < -0.3 is 24.1 Å². The SMILES string of the molecule is O=C(NCCN1C[C@@H]2C[C@H](C1)c1cccc(=O)n1C2)[C@H]1CC(=O)N(Cc2ccco2)C1. The van der Waals surface area contributed by atoms with E-state index in [9.17, 15) is 14.4 Å². The van der Waals surface area contributed by atoms with Gasteiger partial charge in [0.05, 0.1) is 18.7 Å². The molecule has 164 valence electrons. The molecule has 3 atom stereocenters. The zero-order chi connectivity index (χ0) is 21.4. The number of pyridine rings is 1. The van der Waals surface area contributed by atoms with Gasteiger partial charge in [0.25, 0.3) is 5.56 Å². The van der Waals surface area contributed by atoms with E-state index in [1.165, 1.54) is 0 Å². The van der Waals surface area contributed by atoms with Gasteiger partial charge in [-0.3, -0.25) is 14.4 Å². The number of likely N-dealkylation sites (tertiary alicyclic amines) is 2. The van der Waals surface area contributed by atoms with E-state index in [0.29, 0.717) is 31.5 Å². The van der Waals surface area contributed by atoms with Crippen LogP contribution in [0.15, 0.2) is 45.8 Å². The number of nitrogens with zero attached hydrogens (tertiary/aromatic N) is 3. The zero-order valence-corrected chi connectivity index (χ0v) is 17.5. The Labute approximate surface area is 180 Å². The van der Waals surface area contributed by atoms with E-state index in [4.69, 9.17) is 4.42 Å². The quantitative estimate of drug-likeness (QED) is 0.748. The highest BCUT2D eigenvalue weighted by Crippen LogP contribution is 2.34. The van der Waals surface area contributed by atoms with E-state index in [-0.39, 0.29) is 29.7 Å².